The second-order valence-corrected chi connectivity index (χ2v) is 4.09. The molecule has 1 aromatic rings. The standard InChI is InChI=1S/C10H10F2N2OS/c11-8-2-7(3-9(12)13-8)14-4-6(5-16)1-10(14)15/h2-3,6,16H,1,4-5H2. The van der Waals surface area contributed by atoms with Crippen LogP contribution in [0.5, 0.6) is 0 Å². The molecule has 0 bridgehead atoms. The molecule has 1 aromatic heterocycles. The van der Waals surface area contributed by atoms with Crippen molar-refractivity contribution < 1.29 is 13.6 Å². The Morgan fingerprint density at radius 1 is 1.44 bits per heavy atom. The van der Waals surface area contributed by atoms with E-state index in [1.807, 2.05) is 0 Å². The minimum atomic E-state index is -0.919. The van der Waals surface area contributed by atoms with Crippen molar-refractivity contribution in [2.24, 2.45) is 5.92 Å². The molecule has 2 heterocycles. The average Bonchev–Trinajstić information content (AvgIpc) is 2.58. The molecule has 0 aliphatic carbocycles. The Balaban J connectivity index is 2.27. The molecule has 86 valence electrons. The van der Waals surface area contributed by atoms with Crippen molar-refractivity contribution >= 4 is 24.2 Å². The van der Waals surface area contributed by atoms with Crippen LogP contribution in [0.3, 0.4) is 0 Å². The number of amides is 1. The SMILES string of the molecule is O=C1CC(CS)CN1c1cc(F)nc(F)c1. The van der Waals surface area contributed by atoms with Crippen LogP contribution in [0.15, 0.2) is 12.1 Å². The number of pyridine rings is 1. The normalized spacial score (nSPS) is 20.6. The van der Waals surface area contributed by atoms with Crippen molar-refractivity contribution in [3.05, 3.63) is 24.0 Å². The van der Waals surface area contributed by atoms with Crippen molar-refractivity contribution in [3.8, 4) is 0 Å². The second-order valence-electron chi connectivity index (χ2n) is 3.73. The van der Waals surface area contributed by atoms with Crippen LogP contribution in [-0.4, -0.2) is 23.2 Å². The number of hydrogen-bond acceptors (Lipinski definition) is 3. The molecule has 16 heavy (non-hydrogen) atoms. The molecular weight excluding hydrogens is 234 g/mol. The third kappa shape index (κ3) is 2.16. The zero-order valence-electron chi connectivity index (χ0n) is 8.36. The van der Waals surface area contributed by atoms with Crippen molar-refractivity contribution in [1.29, 1.82) is 0 Å². The molecule has 1 amide bonds. The summed E-state index contributed by atoms with van der Waals surface area (Å²) < 4.78 is 25.8. The molecule has 1 aliphatic rings. The second kappa shape index (κ2) is 4.37. The lowest BCUT2D eigenvalue weighted by molar-refractivity contribution is -0.117. The van der Waals surface area contributed by atoms with E-state index < -0.39 is 11.9 Å². The Morgan fingerprint density at radius 3 is 2.56 bits per heavy atom. The fourth-order valence-electron chi connectivity index (χ4n) is 1.76. The number of nitrogens with zero attached hydrogens (tertiary/aromatic N) is 2. The van der Waals surface area contributed by atoms with E-state index in [9.17, 15) is 13.6 Å². The first-order valence-electron chi connectivity index (χ1n) is 4.84. The van der Waals surface area contributed by atoms with Gasteiger partial charge in [0.1, 0.15) is 0 Å². The molecule has 3 nitrogen and oxygen atoms in total. The number of aromatic nitrogens is 1. The molecule has 1 fully saturated rings. The summed E-state index contributed by atoms with van der Waals surface area (Å²) in [7, 11) is 0. The Morgan fingerprint density at radius 2 is 2.06 bits per heavy atom. The lowest BCUT2D eigenvalue weighted by Gasteiger charge is -2.16. The van der Waals surface area contributed by atoms with E-state index in [-0.39, 0.29) is 17.5 Å². The molecule has 6 heteroatoms. The summed E-state index contributed by atoms with van der Waals surface area (Å²) in [5, 5.41) is 0. The summed E-state index contributed by atoms with van der Waals surface area (Å²) in [4.78, 5) is 15.9. The van der Waals surface area contributed by atoms with Gasteiger partial charge >= 0.3 is 0 Å². The van der Waals surface area contributed by atoms with Crippen LogP contribution in [0.4, 0.5) is 14.5 Å². The molecule has 2 rings (SSSR count). The maximum Gasteiger partial charge on any atom is 0.227 e. The highest BCUT2D eigenvalue weighted by Crippen LogP contribution is 2.26. The van der Waals surface area contributed by atoms with Crippen LogP contribution in [0.1, 0.15) is 6.42 Å². The summed E-state index contributed by atoms with van der Waals surface area (Å²) in [5.74, 6) is -1.26. The predicted molar refractivity (Wildman–Crippen MR) is 58.5 cm³/mol. The van der Waals surface area contributed by atoms with Crippen LogP contribution < -0.4 is 4.90 Å². The zero-order chi connectivity index (χ0) is 11.7. The highest BCUT2D eigenvalue weighted by atomic mass is 32.1. The summed E-state index contributed by atoms with van der Waals surface area (Å²) in [6.07, 6.45) is 0.370. The Hall–Kier alpha value is -1.17. The largest absolute Gasteiger partial charge is 0.312 e. The van der Waals surface area contributed by atoms with Gasteiger partial charge in [0, 0.05) is 25.1 Å². The van der Waals surface area contributed by atoms with Gasteiger partial charge in [0.05, 0.1) is 5.69 Å². The lowest BCUT2D eigenvalue weighted by atomic mass is 10.1. The Bertz CT molecular complexity index is 407. The van der Waals surface area contributed by atoms with Gasteiger partial charge in [-0.15, -0.1) is 0 Å². The highest BCUT2D eigenvalue weighted by molar-refractivity contribution is 7.80. The van der Waals surface area contributed by atoms with Gasteiger partial charge in [0.15, 0.2) is 0 Å². The number of rotatable bonds is 2. The number of hydrogen-bond donors (Lipinski definition) is 1. The number of carbonyl (C=O) groups is 1. The molecule has 0 saturated carbocycles. The van der Waals surface area contributed by atoms with Crippen LogP contribution in [0.25, 0.3) is 0 Å². The molecule has 0 spiro atoms. The van der Waals surface area contributed by atoms with Gasteiger partial charge in [-0.25, -0.2) is 0 Å². The quantitative estimate of drug-likeness (QED) is 0.634. The van der Waals surface area contributed by atoms with Gasteiger partial charge in [-0.05, 0) is 11.7 Å². The first-order chi connectivity index (χ1) is 7.60. The van der Waals surface area contributed by atoms with Crippen molar-refractivity contribution in [3.63, 3.8) is 0 Å². The zero-order valence-corrected chi connectivity index (χ0v) is 9.25. The lowest BCUT2D eigenvalue weighted by Crippen LogP contribution is -2.25. The average molecular weight is 244 g/mol. The molecule has 0 aromatic carbocycles. The van der Waals surface area contributed by atoms with Crippen LogP contribution in [0, 0.1) is 17.8 Å². The first-order valence-corrected chi connectivity index (χ1v) is 5.47. The topological polar surface area (TPSA) is 33.2 Å². The maximum atomic E-state index is 12.9. The van der Waals surface area contributed by atoms with Gasteiger partial charge in [0.2, 0.25) is 17.8 Å². The van der Waals surface area contributed by atoms with Crippen LogP contribution in [-0.2, 0) is 4.79 Å². The van der Waals surface area contributed by atoms with Gasteiger partial charge in [0.25, 0.3) is 0 Å². The molecule has 1 atom stereocenters. The number of carbonyl (C=O) groups excluding carboxylic acids is 1. The van der Waals surface area contributed by atoms with Crippen LogP contribution >= 0.6 is 12.6 Å². The molecule has 1 saturated heterocycles. The number of thiol groups is 1. The maximum absolute atomic E-state index is 12.9. The van der Waals surface area contributed by atoms with E-state index in [1.54, 1.807) is 0 Å². The minimum Gasteiger partial charge on any atom is -0.312 e. The highest BCUT2D eigenvalue weighted by Gasteiger charge is 2.30. The molecular formula is C10H10F2N2OS. The summed E-state index contributed by atoms with van der Waals surface area (Å²) in [6, 6.07) is 2.11. The molecule has 0 N–H and O–H groups in total. The molecule has 0 radical (unpaired) electrons. The van der Waals surface area contributed by atoms with E-state index >= 15 is 0 Å². The predicted octanol–water partition coefficient (Wildman–Crippen LogP) is 1.64. The fraction of sp³-hybridized carbons (Fsp3) is 0.400. The Labute approximate surface area is 96.9 Å². The number of anilines is 1. The van der Waals surface area contributed by atoms with Gasteiger partial charge in [-0.2, -0.15) is 26.4 Å². The summed E-state index contributed by atoms with van der Waals surface area (Å²) >= 11 is 4.11. The fourth-order valence-corrected chi connectivity index (χ4v) is 2.01. The van der Waals surface area contributed by atoms with E-state index in [4.69, 9.17) is 0 Å². The number of halogens is 2. The van der Waals surface area contributed by atoms with Crippen LogP contribution in [0.2, 0.25) is 0 Å². The third-order valence-electron chi connectivity index (χ3n) is 2.52. The van der Waals surface area contributed by atoms with E-state index in [0.29, 0.717) is 18.7 Å². The van der Waals surface area contributed by atoms with Gasteiger partial charge < -0.3 is 4.90 Å². The third-order valence-corrected chi connectivity index (χ3v) is 3.04. The molecule has 1 aliphatic heterocycles. The van der Waals surface area contributed by atoms with Crippen molar-refractivity contribution in [2.75, 3.05) is 17.2 Å². The van der Waals surface area contributed by atoms with Gasteiger partial charge in [-0.3, -0.25) is 4.79 Å². The summed E-state index contributed by atoms with van der Waals surface area (Å²) in [5.41, 5.74) is 0.222. The first kappa shape index (κ1) is 11.3. The summed E-state index contributed by atoms with van der Waals surface area (Å²) in [6.45, 7) is 0.450. The van der Waals surface area contributed by atoms with E-state index in [2.05, 4.69) is 17.6 Å². The monoisotopic (exact) mass is 244 g/mol. The van der Waals surface area contributed by atoms with Crippen molar-refractivity contribution in [2.45, 2.75) is 6.42 Å². The van der Waals surface area contributed by atoms with Crippen molar-refractivity contribution in [1.82, 2.24) is 4.98 Å². The van der Waals surface area contributed by atoms with E-state index in [1.165, 1.54) is 4.90 Å². The van der Waals surface area contributed by atoms with Gasteiger partial charge in [-0.1, -0.05) is 0 Å². The Kier molecular flexibility index (Phi) is 3.09. The minimum absolute atomic E-state index is 0.134. The molecule has 1 unspecified atom stereocenters. The smallest absolute Gasteiger partial charge is 0.227 e. The van der Waals surface area contributed by atoms with E-state index in [0.717, 1.165) is 12.1 Å².